The van der Waals surface area contributed by atoms with Crippen LogP contribution in [0.2, 0.25) is 0 Å². The lowest BCUT2D eigenvalue weighted by atomic mass is 10.0. The smallest absolute Gasteiger partial charge is 0.331 e. The molecule has 2 atom stereocenters. The molecule has 1 fully saturated rings. The Hall–Kier alpha value is -1.05. The Bertz CT molecular complexity index is 388. The lowest BCUT2D eigenvalue weighted by Crippen LogP contribution is -2.02. The van der Waals surface area contributed by atoms with Crippen LogP contribution in [0.25, 0.3) is 0 Å². The Morgan fingerprint density at radius 2 is 2.12 bits per heavy atom. The first kappa shape index (κ1) is 12.4. The van der Waals surface area contributed by atoms with Gasteiger partial charge in [0.1, 0.15) is 0 Å². The van der Waals surface area contributed by atoms with E-state index in [4.69, 9.17) is 0 Å². The van der Waals surface area contributed by atoms with Crippen molar-refractivity contribution in [1.82, 2.24) is 0 Å². The Morgan fingerprint density at radius 1 is 1.41 bits per heavy atom. The summed E-state index contributed by atoms with van der Waals surface area (Å²) in [5, 5.41) is 9.20. The van der Waals surface area contributed by atoms with Crippen LogP contribution in [-0.2, 0) is 4.79 Å². The van der Waals surface area contributed by atoms with Crippen molar-refractivity contribution in [3.63, 3.8) is 0 Å². The molecule has 0 amide bonds. The fraction of sp³-hybridized carbons (Fsp3) is 0.667. The van der Waals surface area contributed by atoms with Crippen molar-refractivity contribution in [2.45, 2.75) is 46.5 Å². The van der Waals surface area contributed by atoms with E-state index in [2.05, 4.69) is 26.8 Å². The van der Waals surface area contributed by atoms with Crippen molar-refractivity contribution in [1.29, 1.82) is 0 Å². The van der Waals surface area contributed by atoms with Gasteiger partial charge in [-0.1, -0.05) is 31.6 Å². The molecule has 1 saturated carbocycles. The summed E-state index contributed by atoms with van der Waals surface area (Å²) in [5.74, 6) is 0.399. The maximum atomic E-state index is 11.2. The van der Waals surface area contributed by atoms with E-state index < -0.39 is 5.97 Å². The molecule has 0 bridgehead atoms. The number of carbonyl (C=O) groups is 1. The Kier molecular flexibility index (Phi) is 3.15. The van der Waals surface area contributed by atoms with E-state index in [9.17, 15) is 9.90 Å². The minimum atomic E-state index is -0.738. The summed E-state index contributed by atoms with van der Waals surface area (Å²) in [4.78, 5) is 11.2. The molecule has 2 nitrogen and oxygen atoms in total. The average Bonchev–Trinajstić information content (AvgIpc) is 2.76. The summed E-state index contributed by atoms with van der Waals surface area (Å²) in [7, 11) is 0. The van der Waals surface area contributed by atoms with E-state index in [0.29, 0.717) is 29.2 Å². The zero-order valence-corrected chi connectivity index (χ0v) is 11.0. The van der Waals surface area contributed by atoms with Gasteiger partial charge in [0, 0.05) is 5.57 Å². The summed E-state index contributed by atoms with van der Waals surface area (Å²) >= 11 is 0. The molecule has 0 aromatic rings. The van der Waals surface area contributed by atoms with Gasteiger partial charge >= 0.3 is 5.97 Å². The van der Waals surface area contributed by atoms with Crippen molar-refractivity contribution in [3.8, 4) is 0 Å². The highest BCUT2D eigenvalue weighted by atomic mass is 16.4. The van der Waals surface area contributed by atoms with Gasteiger partial charge < -0.3 is 5.11 Å². The van der Waals surface area contributed by atoms with Crippen LogP contribution in [0.5, 0.6) is 0 Å². The first-order valence-electron chi connectivity index (χ1n) is 6.52. The Morgan fingerprint density at radius 3 is 2.76 bits per heavy atom. The predicted octanol–water partition coefficient (Wildman–Crippen LogP) is 3.79. The fourth-order valence-corrected chi connectivity index (χ4v) is 3.11. The molecule has 1 N–H and O–H groups in total. The Labute approximate surface area is 103 Å². The largest absolute Gasteiger partial charge is 0.478 e. The van der Waals surface area contributed by atoms with Gasteiger partial charge in [-0.25, -0.2) is 4.79 Å². The van der Waals surface area contributed by atoms with Gasteiger partial charge in [0.25, 0.3) is 0 Å². The lowest BCUT2D eigenvalue weighted by Gasteiger charge is -2.05. The topological polar surface area (TPSA) is 37.3 Å². The molecular weight excluding hydrogens is 212 g/mol. The van der Waals surface area contributed by atoms with E-state index in [1.807, 2.05) is 6.08 Å². The number of rotatable bonds is 1. The number of allylic oxidation sites excluding steroid dienone is 3. The first-order chi connectivity index (χ1) is 7.93. The van der Waals surface area contributed by atoms with Gasteiger partial charge in [0.05, 0.1) is 0 Å². The normalized spacial score (nSPS) is 38.1. The molecule has 0 heterocycles. The Balaban J connectivity index is 2.22. The molecule has 17 heavy (non-hydrogen) atoms. The molecule has 0 radical (unpaired) electrons. The van der Waals surface area contributed by atoms with E-state index in [1.165, 1.54) is 18.4 Å². The van der Waals surface area contributed by atoms with Gasteiger partial charge in [0.15, 0.2) is 0 Å². The minimum absolute atomic E-state index is 0.297. The summed E-state index contributed by atoms with van der Waals surface area (Å²) in [5.41, 5.74) is 2.32. The molecule has 0 spiro atoms. The van der Waals surface area contributed by atoms with Crippen molar-refractivity contribution >= 4 is 5.97 Å². The van der Waals surface area contributed by atoms with Gasteiger partial charge in [0.2, 0.25) is 0 Å². The summed E-state index contributed by atoms with van der Waals surface area (Å²) < 4.78 is 0. The van der Waals surface area contributed by atoms with Crippen LogP contribution in [-0.4, -0.2) is 11.1 Å². The molecule has 0 aromatic carbocycles. The van der Waals surface area contributed by atoms with Crippen molar-refractivity contribution in [3.05, 3.63) is 23.3 Å². The summed E-state index contributed by atoms with van der Waals surface area (Å²) in [6.07, 6.45) is 8.13. The highest BCUT2D eigenvalue weighted by molar-refractivity contribution is 5.86. The molecule has 0 aliphatic heterocycles. The summed E-state index contributed by atoms with van der Waals surface area (Å²) in [6, 6.07) is 0. The highest BCUT2D eigenvalue weighted by Gasteiger charge is 2.55. The molecule has 0 aromatic heterocycles. The fourth-order valence-electron chi connectivity index (χ4n) is 3.11. The van der Waals surface area contributed by atoms with Crippen LogP contribution in [0.1, 0.15) is 46.5 Å². The van der Waals surface area contributed by atoms with Crippen molar-refractivity contribution in [2.75, 3.05) is 0 Å². The maximum Gasteiger partial charge on any atom is 0.331 e. The molecule has 94 valence electrons. The van der Waals surface area contributed by atoms with Crippen LogP contribution in [0, 0.1) is 17.3 Å². The maximum absolute atomic E-state index is 11.2. The highest BCUT2D eigenvalue weighted by Crippen LogP contribution is 2.61. The average molecular weight is 234 g/mol. The zero-order chi connectivity index (χ0) is 12.6. The standard InChI is InChI=1S/C15H22O2/c1-10-5-4-6-11(14(16)17)9-13-12(8-7-10)15(13,2)3/h5,9,12-13H,4,6-8H2,1-3H3,(H,16,17)/b10-5-,11-9-/t12-,13+/m0/s1. The van der Waals surface area contributed by atoms with Gasteiger partial charge in [-0.3, -0.25) is 0 Å². The summed E-state index contributed by atoms with van der Waals surface area (Å²) in [6.45, 7) is 6.68. The molecular formula is C15H22O2. The van der Waals surface area contributed by atoms with Gasteiger partial charge in [-0.15, -0.1) is 0 Å². The van der Waals surface area contributed by atoms with Crippen LogP contribution >= 0.6 is 0 Å². The van der Waals surface area contributed by atoms with Crippen LogP contribution < -0.4 is 0 Å². The third-order valence-corrected chi connectivity index (χ3v) is 4.55. The van der Waals surface area contributed by atoms with Crippen LogP contribution in [0.15, 0.2) is 23.3 Å². The van der Waals surface area contributed by atoms with Crippen molar-refractivity contribution < 1.29 is 9.90 Å². The molecule has 2 aliphatic carbocycles. The predicted molar refractivity (Wildman–Crippen MR) is 68.7 cm³/mol. The molecule has 0 unspecified atom stereocenters. The van der Waals surface area contributed by atoms with Crippen molar-refractivity contribution in [2.24, 2.45) is 17.3 Å². The van der Waals surface area contributed by atoms with Gasteiger partial charge in [-0.05, 0) is 49.9 Å². The third-order valence-electron chi connectivity index (χ3n) is 4.55. The van der Waals surface area contributed by atoms with E-state index in [0.717, 1.165) is 6.42 Å². The number of hydrogen-bond donors (Lipinski definition) is 1. The third kappa shape index (κ3) is 2.46. The molecule has 2 rings (SSSR count). The molecule has 2 heteroatoms. The lowest BCUT2D eigenvalue weighted by molar-refractivity contribution is -0.132. The van der Waals surface area contributed by atoms with E-state index >= 15 is 0 Å². The van der Waals surface area contributed by atoms with E-state index in [1.54, 1.807) is 0 Å². The number of fused-ring (bicyclic) bond motifs is 1. The number of carboxylic acids is 1. The second-order valence-electron chi connectivity index (χ2n) is 6.08. The number of aliphatic carboxylic acids is 1. The van der Waals surface area contributed by atoms with Crippen LogP contribution in [0.4, 0.5) is 0 Å². The molecule has 2 aliphatic rings. The van der Waals surface area contributed by atoms with E-state index in [-0.39, 0.29) is 0 Å². The SMILES string of the molecule is C/C1=C/CC/C(C(=O)O)=C/[C@@H]2[C@H](CC1)C2(C)C. The number of carboxylic acid groups (broad SMARTS) is 1. The minimum Gasteiger partial charge on any atom is -0.478 e. The second-order valence-corrected chi connectivity index (χ2v) is 6.08. The van der Waals surface area contributed by atoms with Gasteiger partial charge in [-0.2, -0.15) is 0 Å². The number of hydrogen-bond acceptors (Lipinski definition) is 1. The first-order valence-corrected chi connectivity index (χ1v) is 6.52. The monoisotopic (exact) mass is 234 g/mol. The van der Waals surface area contributed by atoms with Crippen LogP contribution in [0.3, 0.4) is 0 Å². The second kappa shape index (κ2) is 4.32. The zero-order valence-electron chi connectivity index (χ0n) is 11.0. The quantitative estimate of drug-likeness (QED) is 0.701. The molecule has 0 saturated heterocycles.